The maximum absolute atomic E-state index is 13.2. The lowest BCUT2D eigenvalue weighted by Crippen LogP contribution is -2.45. The number of piperidine rings is 1. The molecule has 1 aliphatic rings. The van der Waals surface area contributed by atoms with Gasteiger partial charge >= 0.3 is 0 Å². The average Bonchev–Trinajstić information content (AvgIpc) is 3.33. The zero-order chi connectivity index (χ0) is 23.0. The normalized spacial score (nSPS) is 13.7. The van der Waals surface area contributed by atoms with E-state index in [1.807, 2.05) is 66.4 Å². The molecule has 0 bridgehead atoms. The van der Waals surface area contributed by atoms with Gasteiger partial charge in [-0.1, -0.05) is 48.0 Å². The zero-order valence-corrected chi connectivity index (χ0v) is 19.1. The smallest absolute Gasteiger partial charge is 0.242 e. The van der Waals surface area contributed by atoms with Crippen molar-refractivity contribution in [3.8, 4) is 11.4 Å². The number of aryl methyl sites for hydroxylation is 2. The first-order valence-electron chi connectivity index (χ1n) is 11.6. The predicted octanol–water partition coefficient (Wildman–Crippen LogP) is 3.47. The number of nitrogens with zero attached hydrogens (tertiary/aromatic N) is 6. The molecular weight excluding hydrogens is 416 g/mol. The molecule has 2 amide bonds. The quantitative estimate of drug-likeness (QED) is 0.529. The second-order valence-electron chi connectivity index (χ2n) is 8.44. The van der Waals surface area contributed by atoms with Gasteiger partial charge in [0.15, 0.2) is 0 Å². The van der Waals surface area contributed by atoms with Gasteiger partial charge in [0.05, 0.1) is 6.54 Å². The number of tetrazole rings is 1. The van der Waals surface area contributed by atoms with Gasteiger partial charge in [0.2, 0.25) is 17.6 Å². The molecule has 4 rings (SSSR count). The lowest BCUT2D eigenvalue weighted by atomic mass is 10.1. The predicted molar refractivity (Wildman–Crippen MR) is 126 cm³/mol. The standard InChI is InChI=1S/C25H30N6O2/c1-20-12-14-22(15-13-20)30(19-24(33)29-16-6-3-7-17-29)23(32)11-8-18-31-27-25(26-28-31)21-9-4-2-5-10-21/h2,4-5,9-10,12-15H,3,6-8,11,16-19H2,1H3. The summed E-state index contributed by atoms with van der Waals surface area (Å²) in [5.41, 5.74) is 2.77. The minimum atomic E-state index is -0.0763. The van der Waals surface area contributed by atoms with Gasteiger partial charge in [0.25, 0.3) is 0 Å². The fourth-order valence-corrected chi connectivity index (χ4v) is 3.97. The summed E-state index contributed by atoms with van der Waals surface area (Å²) in [4.78, 5) is 31.0. The second kappa shape index (κ2) is 10.8. The highest BCUT2D eigenvalue weighted by Gasteiger charge is 2.23. The maximum Gasteiger partial charge on any atom is 0.242 e. The van der Waals surface area contributed by atoms with E-state index in [1.54, 1.807) is 4.90 Å². The molecule has 3 aromatic rings. The summed E-state index contributed by atoms with van der Waals surface area (Å²) in [6, 6.07) is 17.4. The number of amides is 2. The van der Waals surface area contributed by atoms with E-state index < -0.39 is 0 Å². The molecule has 0 saturated carbocycles. The van der Waals surface area contributed by atoms with Gasteiger partial charge in [-0.25, -0.2) is 0 Å². The number of carbonyl (C=O) groups is 2. The Labute approximate surface area is 194 Å². The summed E-state index contributed by atoms with van der Waals surface area (Å²) in [5, 5.41) is 12.6. The van der Waals surface area contributed by atoms with E-state index in [2.05, 4.69) is 15.4 Å². The number of likely N-dealkylation sites (tertiary alicyclic amines) is 1. The fraction of sp³-hybridized carbons (Fsp3) is 0.400. The van der Waals surface area contributed by atoms with Crippen molar-refractivity contribution in [3.05, 3.63) is 60.2 Å². The largest absolute Gasteiger partial charge is 0.341 e. The Hall–Kier alpha value is -3.55. The van der Waals surface area contributed by atoms with E-state index in [9.17, 15) is 9.59 Å². The molecule has 2 aromatic carbocycles. The molecule has 1 saturated heterocycles. The number of hydrogen-bond donors (Lipinski definition) is 0. The van der Waals surface area contributed by atoms with Crippen molar-refractivity contribution in [2.24, 2.45) is 0 Å². The lowest BCUT2D eigenvalue weighted by Gasteiger charge is -2.30. The van der Waals surface area contributed by atoms with Gasteiger partial charge in [0, 0.05) is 30.8 Å². The Kier molecular flexibility index (Phi) is 7.44. The highest BCUT2D eigenvalue weighted by atomic mass is 16.2. The summed E-state index contributed by atoms with van der Waals surface area (Å²) in [5.74, 6) is 0.497. The van der Waals surface area contributed by atoms with Crippen LogP contribution in [0.5, 0.6) is 0 Å². The van der Waals surface area contributed by atoms with E-state index in [1.165, 1.54) is 4.80 Å². The first kappa shape index (κ1) is 22.6. The second-order valence-corrected chi connectivity index (χ2v) is 8.44. The molecule has 1 aliphatic heterocycles. The molecule has 1 aromatic heterocycles. The highest BCUT2D eigenvalue weighted by Crippen LogP contribution is 2.19. The SMILES string of the molecule is Cc1ccc(N(CC(=O)N2CCCCC2)C(=O)CCCn2nnc(-c3ccccc3)n2)cc1. The molecule has 0 radical (unpaired) electrons. The lowest BCUT2D eigenvalue weighted by molar-refractivity contribution is -0.132. The molecule has 8 nitrogen and oxygen atoms in total. The van der Waals surface area contributed by atoms with E-state index in [0.717, 1.165) is 49.2 Å². The Morgan fingerprint density at radius 1 is 0.970 bits per heavy atom. The van der Waals surface area contributed by atoms with Crippen molar-refractivity contribution in [1.82, 2.24) is 25.1 Å². The summed E-state index contributed by atoms with van der Waals surface area (Å²) in [7, 11) is 0. The van der Waals surface area contributed by atoms with Crippen LogP contribution in [0.25, 0.3) is 11.4 Å². The van der Waals surface area contributed by atoms with Crippen molar-refractivity contribution in [1.29, 1.82) is 0 Å². The Morgan fingerprint density at radius 2 is 1.70 bits per heavy atom. The van der Waals surface area contributed by atoms with Crippen molar-refractivity contribution >= 4 is 17.5 Å². The molecule has 0 spiro atoms. The van der Waals surface area contributed by atoms with Gasteiger partial charge in [0.1, 0.15) is 6.54 Å². The van der Waals surface area contributed by atoms with Crippen LogP contribution in [-0.2, 0) is 16.1 Å². The number of benzene rings is 2. The third-order valence-electron chi connectivity index (χ3n) is 5.88. The fourth-order valence-electron chi connectivity index (χ4n) is 3.97. The van der Waals surface area contributed by atoms with E-state index in [-0.39, 0.29) is 18.4 Å². The van der Waals surface area contributed by atoms with Crippen LogP contribution < -0.4 is 4.90 Å². The number of aromatic nitrogens is 4. The molecule has 8 heteroatoms. The molecule has 1 fully saturated rings. The molecule has 0 N–H and O–H groups in total. The van der Waals surface area contributed by atoms with Crippen LogP contribution in [0.1, 0.15) is 37.7 Å². The van der Waals surface area contributed by atoms with Crippen molar-refractivity contribution in [2.75, 3.05) is 24.5 Å². The van der Waals surface area contributed by atoms with Crippen molar-refractivity contribution in [2.45, 2.75) is 45.6 Å². The maximum atomic E-state index is 13.2. The van der Waals surface area contributed by atoms with Gasteiger partial charge in [-0.2, -0.15) is 4.80 Å². The van der Waals surface area contributed by atoms with Crippen molar-refractivity contribution in [3.63, 3.8) is 0 Å². The van der Waals surface area contributed by atoms with Crippen LogP contribution in [-0.4, -0.2) is 56.6 Å². The Bertz CT molecular complexity index is 1060. The Morgan fingerprint density at radius 3 is 2.42 bits per heavy atom. The van der Waals surface area contributed by atoms with Crippen LogP contribution >= 0.6 is 0 Å². The van der Waals surface area contributed by atoms with Crippen LogP contribution in [0.15, 0.2) is 54.6 Å². The molecule has 172 valence electrons. The molecule has 0 atom stereocenters. The van der Waals surface area contributed by atoms with Gasteiger partial charge in [-0.05, 0) is 50.0 Å². The van der Waals surface area contributed by atoms with Gasteiger partial charge in [-0.3, -0.25) is 9.59 Å². The monoisotopic (exact) mass is 446 g/mol. The summed E-state index contributed by atoms with van der Waals surface area (Å²) in [6.07, 6.45) is 4.07. The molecular formula is C25H30N6O2. The molecule has 0 unspecified atom stereocenters. The molecule has 2 heterocycles. The minimum Gasteiger partial charge on any atom is -0.341 e. The first-order chi connectivity index (χ1) is 16.1. The van der Waals surface area contributed by atoms with Crippen LogP contribution in [0.3, 0.4) is 0 Å². The van der Waals surface area contributed by atoms with Crippen LogP contribution in [0.4, 0.5) is 5.69 Å². The first-order valence-corrected chi connectivity index (χ1v) is 11.6. The number of anilines is 1. The topological polar surface area (TPSA) is 84.2 Å². The van der Waals surface area contributed by atoms with E-state index in [0.29, 0.717) is 25.2 Å². The van der Waals surface area contributed by atoms with Crippen molar-refractivity contribution < 1.29 is 9.59 Å². The minimum absolute atomic E-state index is 0.00840. The van der Waals surface area contributed by atoms with Gasteiger partial charge < -0.3 is 9.80 Å². The zero-order valence-electron chi connectivity index (χ0n) is 19.1. The third-order valence-corrected chi connectivity index (χ3v) is 5.88. The van der Waals surface area contributed by atoms with Crippen LogP contribution in [0, 0.1) is 6.92 Å². The number of rotatable bonds is 8. The Balaban J connectivity index is 1.38. The van der Waals surface area contributed by atoms with E-state index >= 15 is 0 Å². The molecule has 33 heavy (non-hydrogen) atoms. The average molecular weight is 447 g/mol. The highest BCUT2D eigenvalue weighted by molar-refractivity contribution is 5.98. The van der Waals surface area contributed by atoms with Gasteiger partial charge in [-0.15, -0.1) is 10.2 Å². The summed E-state index contributed by atoms with van der Waals surface area (Å²) in [6.45, 7) is 4.10. The third kappa shape index (κ3) is 6.03. The molecule has 0 aliphatic carbocycles. The summed E-state index contributed by atoms with van der Waals surface area (Å²) < 4.78 is 0. The summed E-state index contributed by atoms with van der Waals surface area (Å²) >= 11 is 0. The number of carbonyl (C=O) groups excluding carboxylic acids is 2. The van der Waals surface area contributed by atoms with Crippen LogP contribution in [0.2, 0.25) is 0 Å². The number of hydrogen-bond acceptors (Lipinski definition) is 5. The van der Waals surface area contributed by atoms with E-state index in [4.69, 9.17) is 0 Å².